The zero-order chi connectivity index (χ0) is 10.8. The lowest BCUT2D eigenvalue weighted by Gasteiger charge is -2.21. The largest absolute Gasteiger partial charge is 0.373 e. The second-order valence-electron chi connectivity index (χ2n) is 4.31. The van der Waals surface area contributed by atoms with Gasteiger partial charge in [0.25, 0.3) is 0 Å². The van der Waals surface area contributed by atoms with Gasteiger partial charge >= 0.3 is 0 Å². The van der Waals surface area contributed by atoms with Gasteiger partial charge in [-0.15, -0.1) is 0 Å². The van der Waals surface area contributed by atoms with E-state index < -0.39 is 0 Å². The molecule has 1 aromatic rings. The van der Waals surface area contributed by atoms with Gasteiger partial charge in [-0.3, -0.25) is 4.90 Å². The van der Waals surface area contributed by atoms with Crippen LogP contribution in [0.15, 0.2) is 12.3 Å². The van der Waals surface area contributed by atoms with Crippen molar-refractivity contribution in [1.82, 2.24) is 9.88 Å². The van der Waals surface area contributed by atoms with Gasteiger partial charge in [0, 0.05) is 19.3 Å². The van der Waals surface area contributed by atoms with Crippen LogP contribution in [0.5, 0.6) is 0 Å². The molecular formula is C12H19N3. The molecule has 2 rings (SSSR count). The Kier molecular flexibility index (Phi) is 2.91. The highest BCUT2D eigenvalue weighted by molar-refractivity contribution is 5.41. The molecule has 1 atom stereocenters. The Balaban J connectivity index is 2.28. The molecule has 1 aliphatic heterocycles. The third-order valence-corrected chi connectivity index (χ3v) is 3.29. The van der Waals surface area contributed by atoms with E-state index in [1.165, 1.54) is 30.5 Å². The molecule has 0 aromatic carbocycles. The van der Waals surface area contributed by atoms with E-state index in [9.17, 15) is 0 Å². The van der Waals surface area contributed by atoms with Crippen molar-refractivity contribution in [2.75, 3.05) is 26.0 Å². The number of likely N-dealkylation sites (tertiary alicyclic amines) is 1. The fourth-order valence-electron chi connectivity index (χ4n) is 2.36. The van der Waals surface area contributed by atoms with Crippen molar-refractivity contribution in [1.29, 1.82) is 0 Å². The fourth-order valence-corrected chi connectivity index (χ4v) is 2.36. The highest BCUT2D eigenvalue weighted by Gasteiger charge is 2.24. The standard InChI is InChI=1S/C12H19N3/c1-9-7-12(13-2)14-8-10(9)11-5-4-6-15(11)3/h7-8,11H,4-6H2,1-3H3,(H,13,14)/t11-/m0/s1. The molecule has 15 heavy (non-hydrogen) atoms. The number of aryl methyl sites for hydroxylation is 1. The Hall–Kier alpha value is -1.09. The Labute approximate surface area is 91.5 Å². The molecule has 82 valence electrons. The summed E-state index contributed by atoms with van der Waals surface area (Å²) in [6, 6.07) is 2.70. The van der Waals surface area contributed by atoms with Crippen molar-refractivity contribution in [2.45, 2.75) is 25.8 Å². The van der Waals surface area contributed by atoms with Crippen LogP contribution in [0.4, 0.5) is 5.82 Å². The van der Waals surface area contributed by atoms with E-state index in [0.29, 0.717) is 6.04 Å². The number of nitrogens with zero attached hydrogens (tertiary/aromatic N) is 2. The van der Waals surface area contributed by atoms with Crippen molar-refractivity contribution in [3.63, 3.8) is 0 Å². The zero-order valence-electron chi connectivity index (χ0n) is 9.75. The lowest BCUT2D eigenvalue weighted by atomic mass is 10.0. The molecule has 1 aliphatic rings. The summed E-state index contributed by atoms with van der Waals surface area (Å²) in [7, 11) is 4.10. The first-order chi connectivity index (χ1) is 7.22. The number of anilines is 1. The minimum atomic E-state index is 0.573. The molecular weight excluding hydrogens is 186 g/mol. The highest BCUT2D eigenvalue weighted by Crippen LogP contribution is 2.32. The third kappa shape index (κ3) is 1.97. The Morgan fingerprint density at radius 2 is 2.33 bits per heavy atom. The summed E-state index contributed by atoms with van der Waals surface area (Å²) >= 11 is 0. The SMILES string of the molecule is CNc1cc(C)c([C@@H]2CCCN2C)cn1. The molecule has 0 saturated carbocycles. The average Bonchev–Trinajstić information content (AvgIpc) is 2.64. The number of rotatable bonds is 2. The van der Waals surface area contributed by atoms with Crippen molar-refractivity contribution < 1.29 is 0 Å². The van der Waals surface area contributed by atoms with Gasteiger partial charge in [-0.1, -0.05) is 0 Å². The predicted octanol–water partition coefficient (Wildman–Crippen LogP) is 2.20. The Morgan fingerprint density at radius 1 is 1.53 bits per heavy atom. The van der Waals surface area contributed by atoms with E-state index >= 15 is 0 Å². The lowest BCUT2D eigenvalue weighted by Crippen LogP contribution is -2.18. The molecule has 1 fully saturated rings. The first-order valence-corrected chi connectivity index (χ1v) is 5.57. The summed E-state index contributed by atoms with van der Waals surface area (Å²) in [5, 5.41) is 3.07. The van der Waals surface area contributed by atoms with E-state index in [-0.39, 0.29) is 0 Å². The van der Waals surface area contributed by atoms with E-state index in [1.807, 2.05) is 13.2 Å². The third-order valence-electron chi connectivity index (χ3n) is 3.29. The average molecular weight is 205 g/mol. The molecule has 1 aromatic heterocycles. The summed E-state index contributed by atoms with van der Waals surface area (Å²) in [5.41, 5.74) is 2.72. The summed E-state index contributed by atoms with van der Waals surface area (Å²) in [4.78, 5) is 6.82. The smallest absolute Gasteiger partial charge is 0.125 e. The number of hydrogen-bond donors (Lipinski definition) is 1. The fraction of sp³-hybridized carbons (Fsp3) is 0.583. The topological polar surface area (TPSA) is 28.2 Å². The van der Waals surface area contributed by atoms with Gasteiger partial charge in [0.1, 0.15) is 5.82 Å². The van der Waals surface area contributed by atoms with Crippen LogP contribution in [-0.4, -0.2) is 30.5 Å². The second kappa shape index (κ2) is 4.19. The van der Waals surface area contributed by atoms with Gasteiger partial charge in [0.15, 0.2) is 0 Å². The van der Waals surface area contributed by atoms with Gasteiger partial charge in [-0.05, 0) is 50.6 Å². The Morgan fingerprint density at radius 3 is 2.87 bits per heavy atom. The second-order valence-corrected chi connectivity index (χ2v) is 4.31. The van der Waals surface area contributed by atoms with Gasteiger partial charge in [-0.25, -0.2) is 4.98 Å². The van der Waals surface area contributed by atoms with Crippen LogP contribution in [0.25, 0.3) is 0 Å². The van der Waals surface area contributed by atoms with Gasteiger partial charge < -0.3 is 5.32 Å². The predicted molar refractivity (Wildman–Crippen MR) is 63.1 cm³/mol. The summed E-state index contributed by atoms with van der Waals surface area (Å²) in [6.45, 7) is 3.38. The normalized spacial score (nSPS) is 21.9. The van der Waals surface area contributed by atoms with Crippen LogP contribution in [0.1, 0.15) is 30.0 Å². The highest BCUT2D eigenvalue weighted by atomic mass is 15.1. The first kappa shape index (κ1) is 10.4. The number of aromatic nitrogens is 1. The van der Waals surface area contributed by atoms with Crippen LogP contribution in [0.3, 0.4) is 0 Å². The van der Waals surface area contributed by atoms with E-state index in [2.05, 4.69) is 35.2 Å². The van der Waals surface area contributed by atoms with Crippen LogP contribution >= 0.6 is 0 Å². The van der Waals surface area contributed by atoms with Crippen molar-refractivity contribution in [2.24, 2.45) is 0 Å². The van der Waals surface area contributed by atoms with Gasteiger partial charge in [0.05, 0.1) is 0 Å². The maximum absolute atomic E-state index is 4.40. The molecule has 1 saturated heterocycles. The summed E-state index contributed by atoms with van der Waals surface area (Å²) in [6.07, 6.45) is 4.58. The number of hydrogen-bond acceptors (Lipinski definition) is 3. The minimum Gasteiger partial charge on any atom is -0.373 e. The van der Waals surface area contributed by atoms with E-state index in [0.717, 1.165) is 5.82 Å². The molecule has 3 nitrogen and oxygen atoms in total. The number of pyridine rings is 1. The molecule has 3 heteroatoms. The first-order valence-electron chi connectivity index (χ1n) is 5.57. The summed E-state index contributed by atoms with van der Waals surface area (Å²) in [5.74, 6) is 0.955. The molecule has 1 N–H and O–H groups in total. The molecule has 0 unspecified atom stereocenters. The van der Waals surface area contributed by atoms with E-state index in [1.54, 1.807) is 0 Å². The van der Waals surface area contributed by atoms with Crippen LogP contribution in [-0.2, 0) is 0 Å². The minimum absolute atomic E-state index is 0.573. The molecule has 0 amide bonds. The van der Waals surface area contributed by atoms with E-state index in [4.69, 9.17) is 0 Å². The van der Waals surface area contributed by atoms with Gasteiger partial charge in [-0.2, -0.15) is 0 Å². The monoisotopic (exact) mass is 205 g/mol. The van der Waals surface area contributed by atoms with Gasteiger partial charge in [0.2, 0.25) is 0 Å². The van der Waals surface area contributed by atoms with Crippen LogP contribution in [0.2, 0.25) is 0 Å². The maximum atomic E-state index is 4.40. The van der Waals surface area contributed by atoms with Crippen molar-refractivity contribution >= 4 is 5.82 Å². The van der Waals surface area contributed by atoms with Crippen molar-refractivity contribution in [3.8, 4) is 0 Å². The Bertz CT molecular complexity index is 349. The quantitative estimate of drug-likeness (QED) is 0.802. The van der Waals surface area contributed by atoms with Crippen LogP contribution < -0.4 is 5.32 Å². The molecule has 0 bridgehead atoms. The molecule has 0 spiro atoms. The van der Waals surface area contributed by atoms with Crippen molar-refractivity contribution in [3.05, 3.63) is 23.4 Å². The molecule has 2 heterocycles. The zero-order valence-corrected chi connectivity index (χ0v) is 9.75. The lowest BCUT2D eigenvalue weighted by molar-refractivity contribution is 0.316. The molecule has 0 radical (unpaired) electrons. The summed E-state index contributed by atoms with van der Waals surface area (Å²) < 4.78 is 0. The maximum Gasteiger partial charge on any atom is 0.125 e. The number of nitrogens with one attached hydrogen (secondary N) is 1. The van der Waals surface area contributed by atoms with Crippen LogP contribution in [0, 0.1) is 6.92 Å². The molecule has 0 aliphatic carbocycles.